The van der Waals surface area contributed by atoms with E-state index >= 15 is 0 Å². The Hall–Kier alpha value is -2.80. The standard InChI is InChI=1S/C23H28N4O2S/c1-6-27-20(13-29-19-11-10-15(2)12-18(19)5)25-26-23(27)30-14-21(28)24-22-16(3)8-7-9-17(22)4/h7-12H,6,13-14H2,1-5H3,(H,24,28). The van der Waals surface area contributed by atoms with E-state index in [-0.39, 0.29) is 11.7 Å². The summed E-state index contributed by atoms with van der Waals surface area (Å²) >= 11 is 1.38. The summed E-state index contributed by atoms with van der Waals surface area (Å²) in [6, 6.07) is 12.1. The van der Waals surface area contributed by atoms with Crippen molar-refractivity contribution < 1.29 is 9.53 Å². The van der Waals surface area contributed by atoms with Gasteiger partial charge in [-0.05, 0) is 57.4 Å². The van der Waals surface area contributed by atoms with Crippen LogP contribution in [0.2, 0.25) is 0 Å². The van der Waals surface area contributed by atoms with Gasteiger partial charge in [-0.15, -0.1) is 10.2 Å². The third-order valence-electron chi connectivity index (χ3n) is 4.87. The molecule has 3 rings (SSSR count). The number of carbonyl (C=O) groups is 1. The van der Waals surface area contributed by atoms with Gasteiger partial charge in [-0.1, -0.05) is 47.7 Å². The molecule has 0 spiro atoms. The normalized spacial score (nSPS) is 10.8. The molecule has 3 aromatic rings. The van der Waals surface area contributed by atoms with Crippen LogP contribution in [0.4, 0.5) is 5.69 Å². The van der Waals surface area contributed by atoms with E-state index in [0.717, 1.165) is 34.0 Å². The van der Waals surface area contributed by atoms with Crippen LogP contribution in [0.3, 0.4) is 0 Å². The summed E-state index contributed by atoms with van der Waals surface area (Å²) < 4.78 is 7.94. The van der Waals surface area contributed by atoms with Gasteiger partial charge in [-0.25, -0.2) is 0 Å². The van der Waals surface area contributed by atoms with Gasteiger partial charge in [0.15, 0.2) is 11.0 Å². The Kier molecular flexibility index (Phi) is 7.15. The van der Waals surface area contributed by atoms with Gasteiger partial charge < -0.3 is 14.6 Å². The molecule has 0 saturated carbocycles. The maximum Gasteiger partial charge on any atom is 0.234 e. The summed E-state index contributed by atoms with van der Waals surface area (Å²) in [6.45, 7) is 11.1. The highest BCUT2D eigenvalue weighted by Gasteiger charge is 2.15. The highest BCUT2D eigenvalue weighted by molar-refractivity contribution is 7.99. The first-order valence-electron chi connectivity index (χ1n) is 10.00. The monoisotopic (exact) mass is 424 g/mol. The first-order valence-corrected chi connectivity index (χ1v) is 11.0. The van der Waals surface area contributed by atoms with Gasteiger partial charge in [0, 0.05) is 12.2 Å². The van der Waals surface area contributed by atoms with E-state index in [1.807, 2.05) is 62.6 Å². The summed E-state index contributed by atoms with van der Waals surface area (Å²) in [7, 11) is 0. The smallest absolute Gasteiger partial charge is 0.234 e. The highest BCUT2D eigenvalue weighted by Crippen LogP contribution is 2.23. The Bertz CT molecular complexity index is 1030. The molecule has 158 valence electrons. The van der Waals surface area contributed by atoms with Gasteiger partial charge in [-0.2, -0.15) is 0 Å². The average molecular weight is 425 g/mol. The lowest BCUT2D eigenvalue weighted by Gasteiger charge is -2.12. The average Bonchev–Trinajstić information content (AvgIpc) is 3.10. The lowest BCUT2D eigenvalue weighted by atomic mass is 10.1. The molecule has 30 heavy (non-hydrogen) atoms. The van der Waals surface area contributed by atoms with E-state index in [4.69, 9.17) is 4.74 Å². The van der Waals surface area contributed by atoms with Gasteiger partial charge in [0.2, 0.25) is 5.91 Å². The Morgan fingerprint density at radius 2 is 1.80 bits per heavy atom. The number of hydrogen-bond donors (Lipinski definition) is 1. The molecular weight excluding hydrogens is 396 g/mol. The van der Waals surface area contributed by atoms with Gasteiger partial charge >= 0.3 is 0 Å². The quantitative estimate of drug-likeness (QED) is 0.524. The summed E-state index contributed by atoms with van der Waals surface area (Å²) in [5.41, 5.74) is 5.28. The van der Waals surface area contributed by atoms with Crippen molar-refractivity contribution in [1.82, 2.24) is 14.8 Å². The van der Waals surface area contributed by atoms with Crippen molar-refractivity contribution >= 4 is 23.4 Å². The summed E-state index contributed by atoms with van der Waals surface area (Å²) in [4.78, 5) is 12.5. The molecule has 0 radical (unpaired) electrons. The van der Waals surface area contributed by atoms with Crippen molar-refractivity contribution in [3.05, 3.63) is 64.5 Å². The fourth-order valence-corrected chi connectivity index (χ4v) is 4.09. The first kappa shape index (κ1) is 21.9. The topological polar surface area (TPSA) is 69.0 Å². The maximum atomic E-state index is 12.5. The zero-order chi connectivity index (χ0) is 21.7. The third-order valence-corrected chi connectivity index (χ3v) is 5.84. The van der Waals surface area contributed by atoms with Crippen molar-refractivity contribution in [2.24, 2.45) is 0 Å². The van der Waals surface area contributed by atoms with E-state index in [0.29, 0.717) is 18.3 Å². The second-order valence-electron chi connectivity index (χ2n) is 7.30. The molecule has 7 heteroatoms. The van der Waals surface area contributed by atoms with Crippen LogP contribution in [0.15, 0.2) is 41.6 Å². The fraction of sp³-hybridized carbons (Fsp3) is 0.348. The molecule has 1 heterocycles. The number of nitrogens with zero attached hydrogens (tertiary/aromatic N) is 3. The van der Waals surface area contributed by atoms with Crippen LogP contribution >= 0.6 is 11.8 Å². The number of rotatable bonds is 8. The second kappa shape index (κ2) is 9.80. The number of aromatic nitrogens is 3. The minimum atomic E-state index is -0.0591. The SMILES string of the molecule is CCn1c(COc2ccc(C)cc2C)nnc1SCC(=O)Nc1c(C)cccc1C. The number of hydrogen-bond acceptors (Lipinski definition) is 5. The van der Waals surface area contributed by atoms with Crippen molar-refractivity contribution in [2.75, 3.05) is 11.1 Å². The Balaban J connectivity index is 1.62. The Labute approximate surface area is 182 Å². The first-order chi connectivity index (χ1) is 14.4. The lowest BCUT2D eigenvalue weighted by Crippen LogP contribution is -2.16. The predicted octanol–water partition coefficient (Wildman–Crippen LogP) is 4.84. The zero-order valence-electron chi connectivity index (χ0n) is 18.2. The number of nitrogens with one attached hydrogen (secondary N) is 1. The van der Waals surface area contributed by atoms with Crippen molar-refractivity contribution in [2.45, 2.75) is 52.9 Å². The van der Waals surface area contributed by atoms with Gasteiger partial charge in [-0.3, -0.25) is 4.79 Å². The van der Waals surface area contributed by atoms with E-state index in [9.17, 15) is 4.79 Å². The lowest BCUT2D eigenvalue weighted by molar-refractivity contribution is -0.113. The summed E-state index contributed by atoms with van der Waals surface area (Å²) in [5.74, 6) is 1.80. The molecule has 1 amide bonds. The van der Waals surface area contributed by atoms with Crippen LogP contribution in [0.1, 0.15) is 35.0 Å². The van der Waals surface area contributed by atoms with E-state index in [2.05, 4.69) is 28.5 Å². The Morgan fingerprint density at radius 1 is 1.07 bits per heavy atom. The van der Waals surface area contributed by atoms with Crippen molar-refractivity contribution in [3.8, 4) is 5.75 Å². The molecule has 0 saturated heterocycles. The van der Waals surface area contributed by atoms with E-state index in [1.165, 1.54) is 17.3 Å². The molecule has 1 N–H and O–H groups in total. The van der Waals surface area contributed by atoms with E-state index < -0.39 is 0 Å². The van der Waals surface area contributed by atoms with Gasteiger partial charge in [0.25, 0.3) is 0 Å². The van der Waals surface area contributed by atoms with Crippen LogP contribution in [0.5, 0.6) is 5.75 Å². The predicted molar refractivity (Wildman–Crippen MR) is 121 cm³/mol. The molecule has 0 fully saturated rings. The number of amides is 1. The number of carbonyl (C=O) groups excluding carboxylic acids is 1. The molecule has 6 nitrogen and oxygen atoms in total. The molecule has 1 aromatic heterocycles. The summed E-state index contributed by atoms with van der Waals surface area (Å²) in [6.07, 6.45) is 0. The van der Waals surface area contributed by atoms with Crippen molar-refractivity contribution in [1.29, 1.82) is 0 Å². The maximum absolute atomic E-state index is 12.5. The minimum Gasteiger partial charge on any atom is -0.485 e. The third kappa shape index (κ3) is 5.21. The molecule has 0 atom stereocenters. The number of benzene rings is 2. The number of thioether (sulfide) groups is 1. The number of para-hydroxylation sites is 1. The van der Waals surface area contributed by atoms with Gasteiger partial charge in [0.05, 0.1) is 5.75 Å². The van der Waals surface area contributed by atoms with Crippen molar-refractivity contribution in [3.63, 3.8) is 0 Å². The molecule has 0 unspecified atom stereocenters. The largest absolute Gasteiger partial charge is 0.485 e. The van der Waals surface area contributed by atoms with Gasteiger partial charge in [0.1, 0.15) is 12.4 Å². The molecule has 0 aliphatic carbocycles. The fourth-order valence-electron chi connectivity index (χ4n) is 3.27. The van der Waals surface area contributed by atoms with Crippen LogP contribution in [-0.4, -0.2) is 26.4 Å². The number of ether oxygens (including phenoxy) is 1. The van der Waals surface area contributed by atoms with Crippen LogP contribution in [0, 0.1) is 27.7 Å². The molecular formula is C23H28N4O2S. The highest BCUT2D eigenvalue weighted by atomic mass is 32.2. The molecule has 0 aliphatic rings. The molecule has 0 aliphatic heterocycles. The minimum absolute atomic E-state index is 0.0591. The van der Waals surface area contributed by atoms with Crippen LogP contribution in [-0.2, 0) is 17.9 Å². The van der Waals surface area contributed by atoms with Crippen LogP contribution < -0.4 is 10.1 Å². The molecule has 2 aromatic carbocycles. The summed E-state index contributed by atoms with van der Waals surface area (Å²) in [5, 5.41) is 12.3. The zero-order valence-corrected chi connectivity index (χ0v) is 19.0. The Morgan fingerprint density at radius 3 is 2.47 bits per heavy atom. The van der Waals surface area contributed by atoms with Crippen LogP contribution in [0.25, 0.3) is 0 Å². The number of anilines is 1. The van der Waals surface area contributed by atoms with E-state index in [1.54, 1.807) is 0 Å². The molecule has 0 bridgehead atoms. The number of aryl methyl sites for hydroxylation is 4. The second-order valence-corrected chi connectivity index (χ2v) is 8.25.